The predicted octanol–water partition coefficient (Wildman–Crippen LogP) is 4.48. The minimum absolute atomic E-state index is 0.204. The van der Waals surface area contributed by atoms with Gasteiger partial charge in [0.2, 0.25) is 0 Å². The number of nitrogens with two attached hydrogens (primary N) is 1. The first kappa shape index (κ1) is 25.6. The standard InChI is InChI=1S/C16H26N2O.C4H8O.C3H8/c1-3-15(6-9-17)19-16-5-4-13-7-10-18(2)11-8-14(13)12-16;1-4(2)3-5;1-3-2/h4-5,12,15H,3,6-11,17H2,1-2H3;3-4H,1-2H3;3H2,1-2H3. The van der Waals surface area contributed by atoms with Crippen LogP contribution in [0.4, 0.5) is 0 Å². The molecule has 1 aromatic rings. The Morgan fingerprint density at radius 3 is 2.19 bits per heavy atom. The zero-order valence-corrected chi connectivity index (χ0v) is 18.5. The van der Waals surface area contributed by atoms with Crippen LogP contribution in [0.15, 0.2) is 18.2 Å². The van der Waals surface area contributed by atoms with E-state index in [9.17, 15) is 4.79 Å². The first-order valence-corrected chi connectivity index (χ1v) is 10.5. The second-order valence-corrected chi connectivity index (χ2v) is 7.55. The molecule has 2 N–H and O–H groups in total. The van der Waals surface area contributed by atoms with Crippen molar-refractivity contribution in [2.45, 2.75) is 72.8 Å². The molecule has 0 saturated carbocycles. The van der Waals surface area contributed by atoms with Crippen LogP contribution in [-0.4, -0.2) is 44.0 Å². The van der Waals surface area contributed by atoms with Crippen molar-refractivity contribution in [1.82, 2.24) is 4.90 Å². The lowest BCUT2D eigenvalue weighted by Gasteiger charge is -2.18. The SMILES string of the molecule is CC(C)C=O.CCC.CCC(CCN)Oc1ccc2c(c1)CCN(C)CC2. The van der Waals surface area contributed by atoms with Crippen LogP contribution in [0.5, 0.6) is 5.75 Å². The summed E-state index contributed by atoms with van der Waals surface area (Å²) in [5.74, 6) is 1.21. The Kier molecular flexibility index (Phi) is 14.8. The summed E-state index contributed by atoms with van der Waals surface area (Å²) in [5.41, 5.74) is 8.54. The van der Waals surface area contributed by atoms with Crippen LogP contribution in [0.2, 0.25) is 0 Å². The summed E-state index contributed by atoms with van der Waals surface area (Å²) in [4.78, 5) is 11.9. The van der Waals surface area contributed by atoms with Crippen molar-refractivity contribution in [2.24, 2.45) is 11.7 Å². The Bertz CT molecular complexity index is 503. The zero-order valence-electron chi connectivity index (χ0n) is 18.5. The molecule has 1 heterocycles. The highest BCUT2D eigenvalue weighted by atomic mass is 16.5. The molecule has 1 aliphatic heterocycles. The smallest absolute Gasteiger partial charge is 0.122 e. The predicted molar refractivity (Wildman–Crippen MR) is 117 cm³/mol. The van der Waals surface area contributed by atoms with Crippen LogP contribution in [0.1, 0.15) is 65.0 Å². The van der Waals surface area contributed by atoms with Crippen molar-refractivity contribution >= 4 is 6.29 Å². The van der Waals surface area contributed by atoms with E-state index in [4.69, 9.17) is 10.5 Å². The largest absolute Gasteiger partial charge is 0.490 e. The maximum Gasteiger partial charge on any atom is 0.122 e. The van der Waals surface area contributed by atoms with Gasteiger partial charge in [-0.25, -0.2) is 0 Å². The maximum atomic E-state index is 9.50. The molecule has 0 saturated heterocycles. The van der Waals surface area contributed by atoms with Gasteiger partial charge in [-0.05, 0) is 62.5 Å². The number of carbonyl (C=O) groups excluding carboxylic acids is 1. The third-order valence-electron chi connectivity index (χ3n) is 4.22. The second kappa shape index (κ2) is 15.6. The van der Waals surface area contributed by atoms with Gasteiger partial charge in [-0.2, -0.15) is 0 Å². The van der Waals surface area contributed by atoms with E-state index in [1.165, 1.54) is 17.5 Å². The summed E-state index contributed by atoms with van der Waals surface area (Å²) in [7, 11) is 2.19. The highest BCUT2D eigenvalue weighted by Gasteiger charge is 2.13. The molecule has 1 unspecified atom stereocenters. The average molecular weight is 379 g/mol. The summed E-state index contributed by atoms with van der Waals surface area (Å²) < 4.78 is 6.04. The Labute approximate surface area is 167 Å². The molecule has 0 aliphatic carbocycles. The van der Waals surface area contributed by atoms with Crippen molar-refractivity contribution in [3.63, 3.8) is 0 Å². The van der Waals surface area contributed by atoms with Crippen LogP contribution in [0.25, 0.3) is 0 Å². The van der Waals surface area contributed by atoms with E-state index in [0.29, 0.717) is 6.54 Å². The molecule has 0 fully saturated rings. The summed E-state index contributed by atoms with van der Waals surface area (Å²) in [5, 5.41) is 0. The molecule has 2 rings (SSSR count). The van der Waals surface area contributed by atoms with E-state index in [1.807, 2.05) is 13.8 Å². The molecule has 1 aliphatic rings. The topological polar surface area (TPSA) is 55.6 Å². The average Bonchev–Trinajstić information content (AvgIpc) is 2.84. The third-order valence-corrected chi connectivity index (χ3v) is 4.22. The molecule has 0 amide bonds. The van der Waals surface area contributed by atoms with E-state index in [-0.39, 0.29) is 12.0 Å². The molecule has 0 radical (unpaired) electrons. The van der Waals surface area contributed by atoms with E-state index in [0.717, 1.165) is 50.8 Å². The molecular formula is C23H42N2O2. The summed E-state index contributed by atoms with van der Waals surface area (Å²) in [6.45, 7) is 13.1. The van der Waals surface area contributed by atoms with Gasteiger partial charge in [-0.3, -0.25) is 0 Å². The minimum atomic E-state index is 0.204. The lowest BCUT2D eigenvalue weighted by molar-refractivity contribution is -0.110. The number of fused-ring (bicyclic) bond motifs is 1. The number of hydrogen-bond donors (Lipinski definition) is 1. The number of likely N-dealkylation sites (N-methyl/N-ethyl adjacent to an activating group) is 1. The van der Waals surface area contributed by atoms with Gasteiger partial charge in [0.1, 0.15) is 12.0 Å². The fourth-order valence-electron chi connectivity index (χ4n) is 2.61. The Morgan fingerprint density at radius 1 is 1.15 bits per heavy atom. The van der Waals surface area contributed by atoms with Gasteiger partial charge in [-0.1, -0.05) is 47.1 Å². The summed E-state index contributed by atoms with van der Waals surface area (Å²) in [6, 6.07) is 6.58. The van der Waals surface area contributed by atoms with E-state index < -0.39 is 0 Å². The van der Waals surface area contributed by atoms with Crippen LogP contribution in [-0.2, 0) is 17.6 Å². The minimum Gasteiger partial charge on any atom is -0.490 e. The van der Waals surface area contributed by atoms with Crippen LogP contribution < -0.4 is 10.5 Å². The molecule has 0 spiro atoms. The van der Waals surface area contributed by atoms with Gasteiger partial charge >= 0.3 is 0 Å². The lowest BCUT2D eigenvalue weighted by Crippen LogP contribution is -2.20. The number of benzene rings is 1. The second-order valence-electron chi connectivity index (χ2n) is 7.55. The molecule has 0 aromatic heterocycles. The highest BCUT2D eigenvalue weighted by molar-refractivity contribution is 5.51. The van der Waals surface area contributed by atoms with Crippen molar-refractivity contribution < 1.29 is 9.53 Å². The normalized spacial score (nSPS) is 14.7. The van der Waals surface area contributed by atoms with Gasteiger partial charge in [-0.15, -0.1) is 0 Å². The van der Waals surface area contributed by atoms with Crippen molar-refractivity contribution in [3.05, 3.63) is 29.3 Å². The third kappa shape index (κ3) is 11.8. The molecule has 1 atom stereocenters. The van der Waals surface area contributed by atoms with Gasteiger partial charge in [0, 0.05) is 19.0 Å². The zero-order chi connectivity index (χ0) is 20.7. The van der Waals surface area contributed by atoms with Crippen molar-refractivity contribution in [1.29, 1.82) is 0 Å². The number of aldehydes is 1. The number of rotatable bonds is 6. The van der Waals surface area contributed by atoms with Crippen molar-refractivity contribution in [3.8, 4) is 5.75 Å². The summed E-state index contributed by atoms with van der Waals surface area (Å²) in [6.07, 6.45) is 6.62. The Morgan fingerprint density at radius 2 is 1.70 bits per heavy atom. The molecule has 1 aromatic carbocycles. The van der Waals surface area contributed by atoms with Gasteiger partial charge in [0.05, 0.1) is 6.10 Å². The number of nitrogens with zero attached hydrogens (tertiary/aromatic N) is 1. The van der Waals surface area contributed by atoms with Gasteiger partial charge in [0.25, 0.3) is 0 Å². The quantitative estimate of drug-likeness (QED) is 0.742. The molecule has 27 heavy (non-hydrogen) atoms. The first-order chi connectivity index (χ1) is 12.9. The fourth-order valence-corrected chi connectivity index (χ4v) is 2.61. The monoisotopic (exact) mass is 378 g/mol. The van der Waals surface area contributed by atoms with E-state index >= 15 is 0 Å². The van der Waals surface area contributed by atoms with Crippen LogP contribution >= 0.6 is 0 Å². The first-order valence-electron chi connectivity index (χ1n) is 10.5. The number of hydrogen-bond acceptors (Lipinski definition) is 4. The summed E-state index contributed by atoms with van der Waals surface area (Å²) >= 11 is 0. The fraction of sp³-hybridized carbons (Fsp3) is 0.696. The molecule has 156 valence electrons. The number of carbonyl (C=O) groups is 1. The van der Waals surface area contributed by atoms with Crippen LogP contribution in [0.3, 0.4) is 0 Å². The van der Waals surface area contributed by atoms with Gasteiger partial charge in [0.15, 0.2) is 0 Å². The number of ether oxygens (including phenoxy) is 1. The van der Waals surface area contributed by atoms with Crippen molar-refractivity contribution in [2.75, 3.05) is 26.7 Å². The lowest BCUT2D eigenvalue weighted by atomic mass is 10.0. The molecule has 4 nitrogen and oxygen atoms in total. The molecule has 0 bridgehead atoms. The Hall–Kier alpha value is -1.39. The van der Waals surface area contributed by atoms with Gasteiger partial charge < -0.3 is 20.2 Å². The maximum absolute atomic E-state index is 9.50. The van der Waals surface area contributed by atoms with E-state index in [2.05, 4.69) is 50.9 Å². The Balaban J connectivity index is 0.000000719. The highest BCUT2D eigenvalue weighted by Crippen LogP contribution is 2.23. The molecule has 4 heteroatoms. The van der Waals surface area contributed by atoms with Crippen LogP contribution in [0, 0.1) is 5.92 Å². The van der Waals surface area contributed by atoms with E-state index in [1.54, 1.807) is 0 Å². The molecular weight excluding hydrogens is 336 g/mol.